The number of nitrogens with two attached hydrogens (primary N) is 1. The van der Waals surface area contributed by atoms with E-state index in [2.05, 4.69) is 27.3 Å². The summed E-state index contributed by atoms with van der Waals surface area (Å²) in [6, 6.07) is 12.0. The van der Waals surface area contributed by atoms with E-state index in [1.807, 2.05) is 38.1 Å². The first-order valence-corrected chi connectivity index (χ1v) is 11.7. The first kappa shape index (κ1) is 22.7. The van der Waals surface area contributed by atoms with Crippen LogP contribution in [0.2, 0.25) is 0 Å². The van der Waals surface area contributed by atoms with Crippen molar-refractivity contribution in [1.82, 2.24) is 10.3 Å². The van der Waals surface area contributed by atoms with Crippen LogP contribution in [-0.4, -0.2) is 54.3 Å². The van der Waals surface area contributed by atoms with Crippen LogP contribution in [0.15, 0.2) is 42.6 Å². The molecule has 0 aliphatic carbocycles. The number of carbonyl (C=O) groups is 1. The zero-order valence-electron chi connectivity index (χ0n) is 19.2. The van der Waals surface area contributed by atoms with Gasteiger partial charge in [0.05, 0.1) is 17.6 Å². The van der Waals surface area contributed by atoms with Crippen molar-refractivity contribution in [3.05, 3.63) is 53.9 Å². The van der Waals surface area contributed by atoms with Crippen LogP contribution < -0.4 is 20.9 Å². The summed E-state index contributed by atoms with van der Waals surface area (Å²) < 4.78 is 0. The van der Waals surface area contributed by atoms with E-state index in [0.29, 0.717) is 37.9 Å². The summed E-state index contributed by atoms with van der Waals surface area (Å²) in [4.78, 5) is 22.0. The Labute approximate surface area is 190 Å². The molecule has 1 amide bonds. The summed E-state index contributed by atoms with van der Waals surface area (Å²) in [5, 5.41) is 14.1. The van der Waals surface area contributed by atoms with Crippen LogP contribution in [-0.2, 0) is 16.8 Å². The molecule has 172 valence electrons. The van der Waals surface area contributed by atoms with E-state index in [1.54, 1.807) is 11.1 Å². The molecule has 0 spiro atoms. The number of amides is 1. The predicted molar refractivity (Wildman–Crippen MR) is 128 cm³/mol. The number of nitrogens with one attached hydrogen (secondary N) is 1. The molecule has 7 heteroatoms. The molecule has 32 heavy (non-hydrogen) atoms. The predicted octanol–water partition coefficient (Wildman–Crippen LogP) is 2.18. The fourth-order valence-corrected chi connectivity index (χ4v) is 4.85. The van der Waals surface area contributed by atoms with Crippen LogP contribution in [0.5, 0.6) is 0 Å². The second-order valence-corrected chi connectivity index (χ2v) is 9.05. The molecule has 1 atom stereocenters. The van der Waals surface area contributed by atoms with E-state index >= 15 is 0 Å². The number of hydrogen-bond acceptors (Lipinski definition) is 6. The summed E-state index contributed by atoms with van der Waals surface area (Å²) in [5.74, 6) is -0.0663. The van der Waals surface area contributed by atoms with Crippen LogP contribution in [0, 0.1) is 0 Å². The fourth-order valence-electron chi connectivity index (χ4n) is 4.85. The molecular weight excluding hydrogens is 402 g/mol. The minimum atomic E-state index is -0.934. The van der Waals surface area contributed by atoms with Gasteiger partial charge in [-0.15, -0.1) is 0 Å². The van der Waals surface area contributed by atoms with Crippen molar-refractivity contribution in [2.45, 2.75) is 50.7 Å². The lowest BCUT2D eigenvalue weighted by atomic mass is 9.89. The van der Waals surface area contributed by atoms with Gasteiger partial charge in [0.2, 0.25) is 5.91 Å². The highest BCUT2D eigenvalue weighted by atomic mass is 16.3. The van der Waals surface area contributed by atoms with Gasteiger partial charge in [0.15, 0.2) is 0 Å². The van der Waals surface area contributed by atoms with Crippen LogP contribution in [0.25, 0.3) is 0 Å². The number of pyridine rings is 1. The van der Waals surface area contributed by atoms with E-state index in [1.165, 1.54) is 5.69 Å². The monoisotopic (exact) mass is 437 g/mol. The quantitative estimate of drug-likeness (QED) is 0.615. The van der Waals surface area contributed by atoms with Gasteiger partial charge in [0, 0.05) is 44.8 Å². The molecule has 0 unspecified atom stereocenters. The number of carbonyl (C=O) groups excluding carboxylic acids is 1. The number of benzene rings is 1. The Kier molecular flexibility index (Phi) is 6.51. The molecule has 4 N–H and O–H groups in total. The third-order valence-electron chi connectivity index (χ3n) is 7.11. The van der Waals surface area contributed by atoms with E-state index in [0.717, 1.165) is 37.4 Å². The molecule has 2 aliphatic heterocycles. The summed E-state index contributed by atoms with van der Waals surface area (Å²) in [6.45, 7) is 8.29. The van der Waals surface area contributed by atoms with Crippen molar-refractivity contribution in [2.24, 2.45) is 5.73 Å². The van der Waals surface area contributed by atoms with Gasteiger partial charge in [-0.3, -0.25) is 9.78 Å². The smallest absolute Gasteiger partial charge is 0.247 e. The molecular formula is C25H35N5O2. The van der Waals surface area contributed by atoms with Crippen LogP contribution in [0.3, 0.4) is 0 Å². The minimum Gasteiger partial charge on any atom is -0.384 e. The number of aromatic nitrogens is 1. The number of rotatable bonds is 7. The first-order valence-electron chi connectivity index (χ1n) is 11.7. The highest BCUT2D eigenvalue weighted by Crippen LogP contribution is 2.33. The zero-order chi connectivity index (χ0) is 22.8. The Hall–Kier alpha value is -2.48. The molecule has 1 aromatic carbocycles. The lowest BCUT2D eigenvalue weighted by molar-refractivity contribution is -0.121. The molecule has 0 radical (unpaired) electrons. The molecule has 7 nitrogen and oxygen atoms in total. The largest absolute Gasteiger partial charge is 0.384 e. The normalized spacial score (nSPS) is 21.9. The Morgan fingerprint density at radius 3 is 2.50 bits per heavy atom. The standard InChI is InChI=1S/C25H35N5O2/c1-3-25(32,4-2)22-10-9-20(18-28-22)30-14-11-24(26,23(30)31)17-19-7-5-6-8-21(19)29-15-12-27-13-16-29/h5-10,18,27,32H,3-4,11-17,26H2,1-2H3/t24-/m0/s1. The zero-order valence-corrected chi connectivity index (χ0v) is 19.2. The van der Waals surface area contributed by atoms with Gasteiger partial charge in [0.1, 0.15) is 11.1 Å². The van der Waals surface area contributed by atoms with Gasteiger partial charge in [-0.1, -0.05) is 32.0 Å². The summed E-state index contributed by atoms with van der Waals surface area (Å²) in [7, 11) is 0. The summed E-state index contributed by atoms with van der Waals surface area (Å²) in [5.41, 5.74) is 8.52. The van der Waals surface area contributed by atoms with Gasteiger partial charge >= 0.3 is 0 Å². The molecule has 2 aliphatic rings. The van der Waals surface area contributed by atoms with Gasteiger partial charge < -0.3 is 26.0 Å². The molecule has 0 bridgehead atoms. The van der Waals surface area contributed by atoms with E-state index < -0.39 is 11.1 Å². The van der Waals surface area contributed by atoms with Crippen molar-refractivity contribution in [3.8, 4) is 0 Å². The molecule has 2 fully saturated rings. The van der Waals surface area contributed by atoms with Crippen LogP contribution in [0.1, 0.15) is 44.4 Å². The number of para-hydroxylation sites is 1. The second-order valence-electron chi connectivity index (χ2n) is 9.05. The SMILES string of the molecule is CCC(O)(CC)c1ccc(N2CC[C@](N)(Cc3ccccc3N3CCNCC3)C2=O)cn1. The number of aliphatic hydroxyl groups is 1. The third kappa shape index (κ3) is 4.25. The fraction of sp³-hybridized carbons (Fsp3) is 0.520. The lowest BCUT2D eigenvalue weighted by Crippen LogP contribution is -2.50. The Morgan fingerprint density at radius 2 is 1.84 bits per heavy atom. The number of nitrogens with zero attached hydrogens (tertiary/aromatic N) is 3. The van der Waals surface area contributed by atoms with E-state index in [4.69, 9.17) is 5.73 Å². The second kappa shape index (κ2) is 9.17. The average molecular weight is 438 g/mol. The first-order chi connectivity index (χ1) is 15.4. The van der Waals surface area contributed by atoms with Gasteiger partial charge in [-0.25, -0.2) is 0 Å². The lowest BCUT2D eigenvalue weighted by Gasteiger charge is -2.32. The third-order valence-corrected chi connectivity index (χ3v) is 7.11. The Bertz CT molecular complexity index is 938. The highest BCUT2D eigenvalue weighted by molar-refractivity contribution is 6.02. The number of anilines is 2. The van der Waals surface area contributed by atoms with Crippen LogP contribution in [0.4, 0.5) is 11.4 Å². The van der Waals surface area contributed by atoms with Crippen molar-refractivity contribution in [3.63, 3.8) is 0 Å². The maximum absolute atomic E-state index is 13.4. The van der Waals surface area contributed by atoms with Gasteiger partial charge in [0.25, 0.3) is 0 Å². The van der Waals surface area contributed by atoms with Gasteiger partial charge in [-0.05, 0) is 43.0 Å². The van der Waals surface area contributed by atoms with Crippen molar-refractivity contribution >= 4 is 17.3 Å². The molecule has 3 heterocycles. The Balaban J connectivity index is 1.52. The summed E-state index contributed by atoms with van der Waals surface area (Å²) in [6.07, 6.45) is 3.98. The van der Waals surface area contributed by atoms with Crippen molar-refractivity contribution in [1.29, 1.82) is 0 Å². The number of hydrogen-bond donors (Lipinski definition) is 3. The van der Waals surface area contributed by atoms with Crippen molar-refractivity contribution in [2.75, 3.05) is 42.5 Å². The Morgan fingerprint density at radius 1 is 1.12 bits per heavy atom. The minimum absolute atomic E-state index is 0.0663. The molecule has 0 saturated carbocycles. The average Bonchev–Trinajstić information content (AvgIpc) is 3.13. The molecule has 2 aromatic rings. The maximum atomic E-state index is 13.4. The molecule has 2 saturated heterocycles. The summed E-state index contributed by atoms with van der Waals surface area (Å²) >= 11 is 0. The number of piperazine rings is 1. The van der Waals surface area contributed by atoms with Crippen molar-refractivity contribution < 1.29 is 9.90 Å². The van der Waals surface area contributed by atoms with E-state index in [-0.39, 0.29) is 5.91 Å². The van der Waals surface area contributed by atoms with Crippen LogP contribution >= 0.6 is 0 Å². The molecule has 4 rings (SSSR count). The van der Waals surface area contributed by atoms with E-state index in [9.17, 15) is 9.90 Å². The topological polar surface area (TPSA) is 94.7 Å². The van der Waals surface area contributed by atoms with Gasteiger partial charge in [-0.2, -0.15) is 0 Å². The molecule has 1 aromatic heterocycles. The highest BCUT2D eigenvalue weighted by Gasteiger charge is 2.44. The maximum Gasteiger partial charge on any atom is 0.247 e.